The van der Waals surface area contributed by atoms with E-state index in [2.05, 4.69) is 10.3 Å². The molecule has 0 spiro atoms. The van der Waals surface area contributed by atoms with Crippen LogP contribution in [0.15, 0.2) is 79.0 Å². The maximum Gasteiger partial charge on any atom is 0.424 e. The summed E-state index contributed by atoms with van der Waals surface area (Å²) in [5.74, 6) is -1.79. The Labute approximate surface area is 259 Å². The zero-order valence-electron chi connectivity index (χ0n) is 24.4. The van der Waals surface area contributed by atoms with Gasteiger partial charge >= 0.3 is 12.4 Å². The molecule has 8 nitrogen and oxygen atoms in total. The van der Waals surface area contributed by atoms with E-state index in [0.29, 0.717) is 16.9 Å². The predicted molar refractivity (Wildman–Crippen MR) is 155 cm³/mol. The average molecular weight is 646 g/mol. The monoisotopic (exact) mass is 645 g/mol. The lowest BCUT2D eigenvalue weighted by molar-refractivity contribution is -0.296. The fourth-order valence-electron chi connectivity index (χ4n) is 6.36. The normalized spacial score (nSPS) is 20.9. The molecule has 0 radical (unpaired) electrons. The first-order valence-electron chi connectivity index (χ1n) is 14.5. The number of anilines is 2. The van der Waals surface area contributed by atoms with Crippen molar-refractivity contribution in [1.29, 1.82) is 0 Å². The van der Waals surface area contributed by atoms with Gasteiger partial charge in [-0.15, -0.1) is 0 Å². The van der Waals surface area contributed by atoms with E-state index in [1.807, 2.05) is 0 Å². The van der Waals surface area contributed by atoms with E-state index in [0.717, 1.165) is 19.4 Å². The molecule has 2 aliphatic heterocycles. The summed E-state index contributed by atoms with van der Waals surface area (Å²) in [5.41, 5.74) is -3.91. The lowest BCUT2D eigenvalue weighted by Gasteiger charge is -2.41. The van der Waals surface area contributed by atoms with E-state index in [1.165, 1.54) is 10.7 Å². The smallest absolute Gasteiger partial charge is 0.374 e. The van der Waals surface area contributed by atoms with Crippen LogP contribution in [0.5, 0.6) is 0 Å². The van der Waals surface area contributed by atoms with Crippen molar-refractivity contribution < 1.29 is 41.0 Å². The van der Waals surface area contributed by atoms with E-state index >= 15 is 0 Å². The fourth-order valence-corrected chi connectivity index (χ4v) is 6.36. The molecule has 2 atom stereocenters. The number of hydrogen-bond acceptors (Lipinski definition) is 6. The number of piperidine rings is 1. The Morgan fingerprint density at radius 2 is 1.52 bits per heavy atom. The van der Waals surface area contributed by atoms with Gasteiger partial charge in [-0.1, -0.05) is 60.7 Å². The van der Waals surface area contributed by atoms with E-state index < -0.39 is 53.1 Å². The first-order chi connectivity index (χ1) is 21.8. The zero-order valence-corrected chi connectivity index (χ0v) is 24.4. The highest BCUT2D eigenvalue weighted by Gasteiger charge is 2.67. The summed E-state index contributed by atoms with van der Waals surface area (Å²) in [6, 6.07) is 19.3. The Hall–Kier alpha value is -4.43. The lowest BCUT2D eigenvalue weighted by atomic mass is 9.79. The third-order valence-corrected chi connectivity index (χ3v) is 8.60. The van der Waals surface area contributed by atoms with Crippen LogP contribution < -0.4 is 10.2 Å². The number of nitrogens with zero attached hydrogens (tertiary/aromatic N) is 4. The minimum absolute atomic E-state index is 0.0474. The first-order valence-corrected chi connectivity index (χ1v) is 14.5. The maximum atomic E-state index is 15.0. The Morgan fingerprint density at radius 3 is 2.00 bits per heavy atom. The molecule has 4 heterocycles. The van der Waals surface area contributed by atoms with Crippen LogP contribution in [0.4, 0.5) is 38.0 Å². The van der Waals surface area contributed by atoms with Gasteiger partial charge < -0.3 is 20.1 Å². The van der Waals surface area contributed by atoms with Crippen molar-refractivity contribution in [2.75, 3.05) is 30.4 Å². The molecule has 1 saturated heterocycles. The SMILES string of the molecule is COC1C(=O)Nc2c(c(C3CCN(c4ccc(C(F)(F)F)cn4)CC3)nn2C(c2ccccc2)c2ccccc2)C1(O)C(F)(F)F. The van der Waals surface area contributed by atoms with Crippen molar-refractivity contribution in [2.45, 2.75) is 48.9 Å². The first kappa shape index (κ1) is 31.5. The summed E-state index contributed by atoms with van der Waals surface area (Å²) in [6.45, 7) is 0.492. The largest absolute Gasteiger partial charge is 0.424 e. The second-order valence-electron chi connectivity index (χ2n) is 11.3. The predicted octanol–water partition coefficient (Wildman–Crippen LogP) is 6.04. The van der Waals surface area contributed by atoms with Crippen LogP contribution >= 0.6 is 0 Å². The van der Waals surface area contributed by atoms with Crippen molar-refractivity contribution in [3.63, 3.8) is 0 Å². The molecule has 1 amide bonds. The number of pyridine rings is 1. The minimum atomic E-state index is -5.33. The second kappa shape index (κ2) is 11.7. The third-order valence-electron chi connectivity index (χ3n) is 8.60. The van der Waals surface area contributed by atoms with Crippen LogP contribution in [0.3, 0.4) is 0 Å². The van der Waals surface area contributed by atoms with Gasteiger partial charge in [-0.3, -0.25) is 4.79 Å². The van der Waals surface area contributed by atoms with Gasteiger partial charge in [0, 0.05) is 32.3 Å². The number of aromatic nitrogens is 3. The highest BCUT2D eigenvalue weighted by atomic mass is 19.4. The van der Waals surface area contributed by atoms with Crippen molar-refractivity contribution in [3.05, 3.63) is 107 Å². The molecule has 242 valence electrons. The fraction of sp³-hybridized carbons (Fsp3) is 0.344. The zero-order chi connectivity index (χ0) is 32.9. The van der Waals surface area contributed by atoms with Crippen LogP contribution in [0.1, 0.15) is 52.7 Å². The van der Waals surface area contributed by atoms with Gasteiger partial charge in [0.1, 0.15) is 17.7 Å². The molecule has 0 bridgehead atoms. The number of nitrogens with one attached hydrogen (secondary N) is 1. The van der Waals surface area contributed by atoms with Crippen molar-refractivity contribution >= 4 is 17.5 Å². The van der Waals surface area contributed by atoms with Gasteiger partial charge in [0.15, 0.2) is 6.10 Å². The van der Waals surface area contributed by atoms with Gasteiger partial charge in [-0.05, 0) is 36.1 Å². The van der Waals surface area contributed by atoms with E-state index in [9.17, 15) is 36.2 Å². The molecule has 2 aromatic heterocycles. The van der Waals surface area contributed by atoms with Crippen LogP contribution in [0.25, 0.3) is 0 Å². The Morgan fingerprint density at radius 1 is 0.935 bits per heavy atom. The average Bonchev–Trinajstić information content (AvgIpc) is 3.41. The summed E-state index contributed by atoms with van der Waals surface area (Å²) < 4.78 is 90.3. The number of rotatable bonds is 6. The molecule has 0 aliphatic carbocycles. The number of carbonyl (C=O) groups is 1. The summed E-state index contributed by atoms with van der Waals surface area (Å²) in [7, 11) is 0.919. The van der Waals surface area contributed by atoms with Crippen LogP contribution in [-0.4, -0.2) is 58.3 Å². The number of methoxy groups -OCH3 is 1. The number of aliphatic hydroxyl groups is 1. The number of fused-ring (bicyclic) bond motifs is 1. The molecule has 2 N–H and O–H groups in total. The quantitative estimate of drug-likeness (QED) is 0.249. The Bertz CT molecular complexity index is 1650. The molecule has 2 aromatic carbocycles. The van der Waals surface area contributed by atoms with Crippen LogP contribution in [0.2, 0.25) is 0 Å². The summed E-state index contributed by atoms with van der Waals surface area (Å²) >= 11 is 0. The summed E-state index contributed by atoms with van der Waals surface area (Å²) in [4.78, 5) is 18.8. The topological polar surface area (TPSA) is 92.5 Å². The van der Waals surface area contributed by atoms with Gasteiger partial charge in [0.25, 0.3) is 5.91 Å². The number of hydrogen-bond donors (Lipinski definition) is 2. The minimum Gasteiger partial charge on any atom is -0.374 e. The van der Waals surface area contributed by atoms with Gasteiger partial charge in [-0.25, -0.2) is 9.67 Å². The standard InChI is InChI=1S/C32H29F6N5O3/c1-46-27-29(44)40-28-24(30(27,45)32(36,37)38)25(19-14-16-42(17-15-19)23-13-12-22(18-39-23)31(33,34)35)41-43(28)26(20-8-4-2-5-9-20)21-10-6-3-7-11-21/h2-13,18-19,26-27,45H,14-17H2,1H3,(H,40,44). The molecule has 14 heteroatoms. The molecular formula is C32H29F6N5O3. The van der Waals surface area contributed by atoms with Gasteiger partial charge in [0.2, 0.25) is 5.60 Å². The number of amides is 1. The van der Waals surface area contributed by atoms with Crippen LogP contribution in [-0.2, 0) is 21.3 Å². The lowest BCUT2D eigenvalue weighted by Crippen LogP contribution is -2.60. The molecule has 4 aromatic rings. The number of halogens is 6. The number of ether oxygens (including phenoxy) is 1. The molecular weight excluding hydrogens is 616 g/mol. The summed E-state index contributed by atoms with van der Waals surface area (Å²) in [5, 5.41) is 18.9. The van der Waals surface area contributed by atoms with Crippen molar-refractivity contribution in [3.8, 4) is 0 Å². The molecule has 46 heavy (non-hydrogen) atoms. The van der Waals surface area contributed by atoms with E-state index in [1.54, 1.807) is 65.6 Å². The molecule has 6 rings (SSSR count). The van der Waals surface area contributed by atoms with Crippen molar-refractivity contribution in [1.82, 2.24) is 14.8 Å². The van der Waals surface area contributed by atoms with Gasteiger partial charge in [-0.2, -0.15) is 31.4 Å². The van der Waals surface area contributed by atoms with Gasteiger partial charge in [0.05, 0.1) is 16.8 Å². The maximum absolute atomic E-state index is 15.0. The Kier molecular flexibility index (Phi) is 8.05. The third kappa shape index (κ3) is 5.38. The molecule has 0 saturated carbocycles. The number of carbonyl (C=O) groups excluding carboxylic acids is 1. The summed E-state index contributed by atoms with van der Waals surface area (Å²) in [6.07, 6.45) is -11.0. The highest BCUT2D eigenvalue weighted by molar-refractivity contribution is 5.98. The Balaban J connectivity index is 1.46. The van der Waals surface area contributed by atoms with E-state index in [4.69, 9.17) is 9.84 Å². The van der Waals surface area contributed by atoms with E-state index in [-0.39, 0.29) is 37.4 Å². The highest BCUT2D eigenvalue weighted by Crippen LogP contribution is 2.52. The number of benzene rings is 2. The molecule has 1 fully saturated rings. The molecule has 2 aliphatic rings. The second-order valence-corrected chi connectivity index (χ2v) is 11.3. The van der Waals surface area contributed by atoms with Crippen molar-refractivity contribution in [2.24, 2.45) is 0 Å². The van der Waals surface area contributed by atoms with Crippen LogP contribution in [0, 0.1) is 0 Å². The molecule has 2 unspecified atom stereocenters. The number of alkyl halides is 6.